The number of rotatable bonds is 3. The van der Waals surface area contributed by atoms with E-state index in [-0.39, 0.29) is 5.37 Å². The van der Waals surface area contributed by atoms with Crippen molar-refractivity contribution in [3.63, 3.8) is 0 Å². The van der Waals surface area contributed by atoms with Gasteiger partial charge in [-0.25, -0.2) is 4.68 Å². The summed E-state index contributed by atoms with van der Waals surface area (Å²) >= 11 is 7.11. The van der Waals surface area contributed by atoms with E-state index in [1.807, 2.05) is 11.8 Å². The van der Waals surface area contributed by atoms with Gasteiger partial charge < -0.3 is 0 Å². The zero-order valence-corrected chi connectivity index (χ0v) is 15.5. The SMILES string of the molecule is CC(C)Cc1nnc2n1N1C(=CSC1c1cccc(Br)c1)S2. The molecule has 2 aliphatic rings. The number of halogens is 1. The molecule has 0 saturated heterocycles. The fourth-order valence-corrected chi connectivity index (χ4v) is 5.32. The summed E-state index contributed by atoms with van der Waals surface area (Å²) < 4.78 is 3.31. The lowest BCUT2D eigenvalue weighted by Gasteiger charge is -2.26. The molecule has 1 aromatic carbocycles. The molecule has 2 aromatic rings. The fourth-order valence-electron chi connectivity index (χ4n) is 2.67. The summed E-state index contributed by atoms with van der Waals surface area (Å²) in [6.07, 6.45) is 0.938. The van der Waals surface area contributed by atoms with Gasteiger partial charge >= 0.3 is 0 Å². The minimum Gasteiger partial charge on any atom is -0.252 e. The number of hydrogen-bond acceptors (Lipinski definition) is 5. The summed E-state index contributed by atoms with van der Waals surface area (Å²) in [5, 5.41) is 15.7. The van der Waals surface area contributed by atoms with Crippen molar-refractivity contribution in [2.45, 2.75) is 30.8 Å². The van der Waals surface area contributed by atoms with Gasteiger partial charge in [-0.3, -0.25) is 5.01 Å². The van der Waals surface area contributed by atoms with Crippen molar-refractivity contribution < 1.29 is 0 Å². The first-order valence-corrected chi connectivity index (χ1v) is 9.71. The maximum Gasteiger partial charge on any atom is 0.216 e. The van der Waals surface area contributed by atoms with Crippen LogP contribution in [0.4, 0.5) is 0 Å². The third-order valence-corrected chi connectivity index (χ3v) is 6.24. The van der Waals surface area contributed by atoms with Crippen LogP contribution in [0.15, 0.2) is 44.3 Å². The number of thioether (sulfide) groups is 2. The molecule has 0 aliphatic carbocycles. The van der Waals surface area contributed by atoms with Gasteiger partial charge in [0.05, 0.1) is 0 Å². The molecule has 1 atom stereocenters. The Kier molecular flexibility index (Phi) is 3.74. The van der Waals surface area contributed by atoms with Crippen molar-refractivity contribution in [1.82, 2.24) is 14.9 Å². The average molecular weight is 395 g/mol. The van der Waals surface area contributed by atoms with Crippen LogP contribution in [0.2, 0.25) is 0 Å². The summed E-state index contributed by atoms with van der Waals surface area (Å²) in [5.74, 6) is 1.61. The molecular weight excluding hydrogens is 380 g/mol. The van der Waals surface area contributed by atoms with E-state index in [0.717, 1.165) is 21.9 Å². The van der Waals surface area contributed by atoms with E-state index in [1.165, 1.54) is 10.6 Å². The van der Waals surface area contributed by atoms with E-state index in [9.17, 15) is 0 Å². The predicted molar refractivity (Wildman–Crippen MR) is 95.2 cm³/mol. The lowest BCUT2D eigenvalue weighted by Crippen LogP contribution is -2.31. The Hall–Kier alpha value is -0.920. The van der Waals surface area contributed by atoms with Crippen molar-refractivity contribution in [2.75, 3.05) is 5.01 Å². The summed E-state index contributed by atoms with van der Waals surface area (Å²) in [4.78, 5) is 0. The maximum absolute atomic E-state index is 4.39. The van der Waals surface area contributed by atoms with E-state index < -0.39 is 0 Å². The van der Waals surface area contributed by atoms with Gasteiger partial charge in [-0.15, -0.1) is 10.2 Å². The normalized spacial score (nSPS) is 19.5. The molecule has 4 rings (SSSR count). The second kappa shape index (κ2) is 5.62. The van der Waals surface area contributed by atoms with Gasteiger partial charge in [0.1, 0.15) is 10.4 Å². The Morgan fingerprint density at radius 3 is 2.95 bits per heavy atom. The van der Waals surface area contributed by atoms with Gasteiger partial charge in [0.25, 0.3) is 0 Å². The Bertz CT molecular complexity index is 756. The van der Waals surface area contributed by atoms with Gasteiger partial charge in [-0.2, -0.15) is 0 Å². The first-order chi connectivity index (χ1) is 10.6. The van der Waals surface area contributed by atoms with Crippen molar-refractivity contribution in [3.05, 3.63) is 50.6 Å². The fraction of sp³-hybridized carbons (Fsp3) is 0.333. The summed E-state index contributed by atoms with van der Waals surface area (Å²) in [5.41, 5.74) is 1.28. The monoisotopic (exact) mass is 394 g/mol. The lowest BCUT2D eigenvalue weighted by atomic mass is 10.1. The molecule has 114 valence electrons. The van der Waals surface area contributed by atoms with Crippen LogP contribution < -0.4 is 5.01 Å². The van der Waals surface area contributed by atoms with E-state index >= 15 is 0 Å². The van der Waals surface area contributed by atoms with Crippen LogP contribution in [0.5, 0.6) is 0 Å². The first-order valence-electron chi connectivity index (χ1n) is 7.16. The highest BCUT2D eigenvalue weighted by molar-refractivity contribution is 9.10. The smallest absolute Gasteiger partial charge is 0.216 e. The highest BCUT2D eigenvalue weighted by Gasteiger charge is 2.39. The quantitative estimate of drug-likeness (QED) is 0.763. The van der Waals surface area contributed by atoms with E-state index in [2.05, 4.69) is 79.3 Å². The molecule has 0 saturated carbocycles. The van der Waals surface area contributed by atoms with E-state index in [4.69, 9.17) is 0 Å². The molecule has 2 aliphatic heterocycles. The largest absolute Gasteiger partial charge is 0.252 e. The Morgan fingerprint density at radius 1 is 1.32 bits per heavy atom. The molecule has 3 heterocycles. The molecule has 1 aromatic heterocycles. The highest BCUT2D eigenvalue weighted by Crippen LogP contribution is 2.51. The highest BCUT2D eigenvalue weighted by atomic mass is 79.9. The summed E-state index contributed by atoms with van der Waals surface area (Å²) in [6, 6.07) is 8.51. The minimum absolute atomic E-state index is 0.239. The van der Waals surface area contributed by atoms with Gasteiger partial charge in [-0.1, -0.05) is 53.7 Å². The van der Waals surface area contributed by atoms with Gasteiger partial charge in [0.2, 0.25) is 5.16 Å². The van der Waals surface area contributed by atoms with Crippen molar-refractivity contribution in [1.29, 1.82) is 0 Å². The topological polar surface area (TPSA) is 34.0 Å². The van der Waals surface area contributed by atoms with Crippen LogP contribution in [-0.4, -0.2) is 14.9 Å². The standard InChI is InChI=1S/C15H15BrN4S2/c1-9(2)6-12-17-18-15-19(12)20-13(22-15)8-21-14(20)10-4-3-5-11(16)7-10/h3-5,7-9,14H,6H2,1-2H3. The van der Waals surface area contributed by atoms with Crippen LogP contribution in [-0.2, 0) is 6.42 Å². The van der Waals surface area contributed by atoms with E-state index in [0.29, 0.717) is 5.92 Å². The average Bonchev–Trinajstić information content (AvgIpc) is 3.10. The molecule has 0 spiro atoms. The molecule has 0 amide bonds. The zero-order chi connectivity index (χ0) is 15.3. The lowest BCUT2D eigenvalue weighted by molar-refractivity contribution is 0.552. The molecule has 0 bridgehead atoms. The molecule has 0 radical (unpaired) electrons. The molecule has 7 heteroatoms. The van der Waals surface area contributed by atoms with Crippen LogP contribution in [0.25, 0.3) is 0 Å². The molecular formula is C15H15BrN4S2. The molecule has 1 unspecified atom stereocenters. The van der Waals surface area contributed by atoms with Gasteiger partial charge in [-0.05, 0) is 35.4 Å². The van der Waals surface area contributed by atoms with Gasteiger partial charge in [0.15, 0.2) is 5.82 Å². The van der Waals surface area contributed by atoms with Gasteiger partial charge in [0, 0.05) is 16.3 Å². The van der Waals surface area contributed by atoms with Crippen LogP contribution in [0, 0.1) is 5.92 Å². The molecule has 22 heavy (non-hydrogen) atoms. The second-order valence-corrected chi connectivity index (χ2v) is 8.61. The third-order valence-electron chi connectivity index (χ3n) is 3.56. The number of nitrogens with zero attached hydrogens (tertiary/aromatic N) is 4. The van der Waals surface area contributed by atoms with Crippen molar-refractivity contribution >= 4 is 39.5 Å². The summed E-state index contributed by atoms with van der Waals surface area (Å²) in [6.45, 7) is 4.43. The van der Waals surface area contributed by atoms with E-state index in [1.54, 1.807) is 11.8 Å². The molecule has 4 nitrogen and oxygen atoms in total. The minimum atomic E-state index is 0.239. The summed E-state index contributed by atoms with van der Waals surface area (Å²) in [7, 11) is 0. The second-order valence-electron chi connectivity index (χ2n) is 5.75. The maximum atomic E-state index is 4.39. The van der Waals surface area contributed by atoms with Crippen molar-refractivity contribution in [3.8, 4) is 0 Å². The zero-order valence-electron chi connectivity index (χ0n) is 12.2. The van der Waals surface area contributed by atoms with Crippen LogP contribution in [0.1, 0.15) is 30.6 Å². The molecule has 0 fully saturated rings. The Balaban J connectivity index is 1.74. The molecule has 0 N–H and O–H groups in total. The first kappa shape index (κ1) is 14.7. The number of aromatic nitrogens is 3. The predicted octanol–water partition coefficient (Wildman–Crippen LogP) is 4.53. The van der Waals surface area contributed by atoms with Crippen molar-refractivity contribution in [2.24, 2.45) is 5.92 Å². The van der Waals surface area contributed by atoms with Crippen LogP contribution >= 0.6 is 39.5 Å². The Labute approximate surface area is 146 Å². The third kappa shape index (κ3) is 2.39. The Morgan fingerprint density at radius 2 is 2.18 bits per heavy atom. The number of fused-ring (bicyclic) bond motifs is 3. The number of benzene rings is 1. The number of hydrogen-bond donors (Lipinski definition) is 0. The van der Waals surface area contributed by atoms with Crippen LogP contribution in [0.3, 0.4) is 0 Å².